The Kier molecular flexibility index (Phi) is 2.73. The van der Waals surface area contributed by atoms with Crippen molar-refractivity contribution in [2.45, 2.75) is 0 Å². The molecule has 0 aliphatic carbocycles. The molecule has 0 aliphatic rings. The fourth-order valence-electron chi connectivity index (χ4n) is 5.89. The van der Waals surface area contributed by atoms with E-state index in [0.29, 0.717) is 10.8 Å². The normalized spacial score (nSPS) is 18.0. The van der Waals surface area contributed by atoms with Crippen LogP contribution in [0.5, 0.6) is 0 Å². The summed E-state index contributed by atoms with van der Waals surface area (Å²) in [5.41, 5.74) is -0.926. The second-order valence-corrected chi connectivity index (χ2v) is 10.1. The second-order valence-electron chi connectivity index (χ2n) is 10.1. The molecule has 9 rings (SSSR count). The van der Waals surface area contributed by atoms with Gasteiger partial charge in [-0.05, 0) is 93.3 Å². The zero-order valence-corrected chi connectivity index (χ0v) is 22.6. The van der Waals surface area contributed by atoms with E-state index in [1.54, 1.807) is 48.5 Å². The van der Waals surface area contributed by atoms with Crippen LogP contribution in [0.15, 0.2) is 169 Å². The molecular formula is C44H28. The van der Waals surface area contributed by atoms with E-state index < -0.39 is 148 Å². The van der Waals surface area contributed by atoms with E-state index in [1.165, 1.54) is 0 Å². The molecular weight excluding hydrogens is 528 g/mol. The molecule has 9 aromatic carbocycles. The van der Waals surface area contributed by atoms with Crippen LogP contribution in [0.3, 0.4) is 0 Å². The van der Waals surface area contributed by atoms with Crippen molar-refractivity contribution in [2.75, 3.05) is 0 Å². The van der Waals surface area contributed by atoms with Gasteiger partial charge in [0.25, 0.3) is 0 Å². The van der Waals surface area contributed by atoms with Crippen molar-refractivity contribution < 1.29 is 27.4 Å². The summed E-state index contributed by atoms with van der Waals surface area (Å²) in [5, 5.41) is -0.851. The Balaban J connectivity index is 1.52. The summed E-state index contributed by atoms with van der Waals surface area (Å²) in [6.07, 6.45) is 0. The van der Waals surface area contributed by atoms with Gasteiger partial charge in [-0.3, -0.25) is 0 Å². The molecule has 0 atom stereocenters. The second kappa shape index (κ2) is 9.93. The summed E-state index contributed by atoms with van der Waals surface area (Å²) in [6, 6.07) is -0.209. The number of benzene rings is 9. The van der Waals surface area contributed by atoms with Gasteiger partial charge in [0, 0.05) is 0 Å². The zero-order valence-electron chi connectivity index (χ0n) is 42.6. The van der Waals surface area contributed by atoms with Crippen molar-refractivity contribution in [1.29, 1.82) is 0 Å². The van der Waals surface area contributed by atoms with Crippen LogP contribution in [0, 0.1) is 0 Å². The van der Waals surface area contributed by atoms with E-state index in [4.69, 9.17) is 17.8 Å². The van der Waals surface area contributed by atoms with Crippen molar-refractivity contribution in [3.8, 4) is 33.4 Å². The van der Waals surface area contributed by atoms with Crippen LogP contribution in [-0.4, -0.2) is 0 Å². The Morgan fingerprint density at radius 1 is 0.318 bits per heavy atom. The molecule has 44 heavy (non-hydrogen) atoms. The van der Waals surface area contributed by atoms with Crippen LogP contribution in [0.2, 0.25) is 0 Å². The quantitative estimate of drug-likeness (QED) is 0.184. The lowest BCUT2D eigenvalue weighted by atomic mass is 9.83. The molecule has 0 saturated carbocycles. The van der Waals surface area contributed by atoms with Crippen LogP contribution in [0.25, 0.3) is 87.2 Å². The summed E-state index contributed by atoms with van der Waals surface area (Å²) in [5.74, 6) is 0. The topological polar surface area (TPSA) is 0 Å². The van der Waals surface area contributed by atoms with Gasteiger partial charge < -0.3 is 0 Å². The van der Waals surface area contributed by atoms with E-state index in [1.807, 2.05) is 0 Å². The van der Waals surface area contributed by atoms with E-state index >= 15 is 0 Å². The Labute approximate surface area is 284 Å². The van der Waals surface area contributed by atoms with Crippen molar-refractivity contribution in [1.82, 2.24) is 0 Å². The van der Waals surface area contributed by atoms with Crippen molar-refractivity contribution in [2.24, 2.45) is 0 Å². The average molecular weight is 577 g/mol. The van der Waals surface area contributed by atoms with Gasteiger partial charge in [-0.25, -0.2) is 0 Å². The van der Waals surface area contributed by atoms with Crippen molar-refractivity contribution in [3.05, 3.63) is 169 Å². The first kappa shape index (κ1) is 12.1. The number of fused-ring (bicyclic) bond motifs is 5. The van der Waals surface area contributed by atoms with Gasteiger partial charge >= 0.3 is 0 Å². The number of rotatable bonds is 3. The number of hydrogen-bond donors (Lipinski definition) is 0. The van der Waals surface area contributed by atoms with Gasteiger partial charge in [-0.1, -0.05) is 163 Å². The van der Waals surface area contributed by atoms with Gasteiger partial charge in [-0.2, -0.15) is 0 Å². The third kappa shape index (κ3) is 3.78. The van der Waals surface area contributed by atoms with Gasteiger partial charge in [0.2, 0.25) is 0 Å². The fraction of sp³-hybridized carbons (Fsp3) is 0. The smallest absolute Gasteiger partial charge is 0.0616 e. The van der Waals surface area contributed by atoms with Crippen LogP contribution in [-0.2, 0) is 0 Å². The largest absolute Gasteiger partial charge is 0.0636 e. The van der Waals surface area contributed by atoms with E-state index in [0.717, 1.165) is 0 Å². The van der Waals surface area contributed by atoms with Gasteiger partial charge in [0.15, 0.2) is 0 Å². The highest BCUT2D eigenvalue weighted by Gasteiger charge is 2.19. The van der Waals surface area contributed by atoms with Crippen LogP contribution in [0.1, 0.15) is 27.4 Å². The Hall–Kier alpha value is -5.72. The van der Waals surface area contributed by atoms with Gasteiger partial charge in [-0.15, -0.1) is 0 Å². The van der Waals surface area contributed by atoms with Crippen LogP contribution in [0.4, 0.5) is 0 Å². The molecule has 0 heteroatoms. The molecule has 0 N–H and O–H groups in total. The highest BCUT2D eigenvalue weighted by atomic mass is 14.2. The standard InChI is InChI=1S/C44H28/c1-2-14-31-28-32(27-26-29(31)12-1)34-21-10-23-36-35(34)22-11-25-38(36)44-41-19-7-5-17-39(41)43(40-18-6-8-20-42(40)44)37-24-9-15-30-13-3-4-16-33(30)37/h1-28H/i1D,2D,3D,4D,9D,10D,11D,12D,13D,14D,15D,16D,21D,22D,23D,24D,25D,26D,27D,28D. The minimum atomic E-state index is -0.777. The van der Waals surface area contributed by atoms with E-state index in [2.05, 4.69) is 0 Å². The first-order chi connectivity index (χ1) is 30.2. The Morgan fingerprint density at radius 3 is 1.43 bits per heavy atom. The van der Waals surface area contributed by atoms with Gasteiger partial charge in [0.05, 0.1) is 27.4 Å². The lowest BCUT2D eigenvalue weighted by Gasteiger charge is -2.20. The highest BCUT2D eigenvalue weighted by Crippen LogP contribution is 2.47. The fourth-order valence-corrected chi connectivity index (χ4v) is 5.89. The SMILES string of the molecule is [2H]c1c([2H])c([2H])c2c([2H])c(-c3c([2H])c([2H])c([2H])c4c(-c5c6ccccc6c(-c6c([2H])c([2H])c([2H])c7c([2H])c([2H])c([2H])c([2H])c67)c6ccccc56)c([2H])c([2H])c([2H])c34)c([2H])c([2H])c2c1[2H]. The summed E-state index contributed by atoms with van der Waals surface area (Å²) in [4.78, 5) is 0. The molecule has 0 aromatic heterocycles. The molecule has 0 heterocycles. The molecule has 0 saturated heterocycles. The maximum atomic E-state index is 9.48. The monoisotopic (exact) mass is 576 g/mol. The van der Waals surface area contributed by atoms with Crippen LogP contribution >= 0.6 is 0 Å². The molecule has 0 radical (unpaired) electrons. The Bertz CT molecular complexity index is 3610. The molecule has 0 bridgehead atoms. The minimum Gasteiger partial charge on any atom is -0.0616 e. The summed E-state index contributed by atoms with van der Waals surface area (Å²) < 4.78 is 178. The summed E-state index contributed by atoms with van der Waals surface area (Å²) in [7, 11) is 0. The molecule has 0 fully saturated rings. The first-order valence-electron chi connectivity index (χ1n) is 23.7. The third-order valence-electron chi connectivity index (χ3n) is 7.74. The minimum absolute atomic E-state index is 0.0808. The summed E-state index contributed by atoms with van der Waals surface area (Å²) >= 11 is 0. The lowest BCUT2D eigenvalue weighted by Crippen LogP contribution is -1.92. The molecule has 0 amide bonds. The predicted octanol–water partition coefficient (Wildman–Crippen LogP) is 12.5. The highest BCUT2D eigenvalue weighted by molar-refractivity contribution is 6.25. The lowest BCUT2D eigenvalue weighted by molar-refractivity contribution is 1.66. The molecule has 0 spiro atoms. The average Bonchev–Trinajstić information content (AvgIpc) is 3.28. The molecule has 9 aromatic rings. The van der Waals surface area contributed by atoms with Crippen molar-refractivity contribution in [3.63, 3.8) is 0 Å². The van der Waals surface area contributed by atoms with E-state index in [9.17, 15) is 9.60 Å². The maximum Gasteiger partial charge on any atom is 0.0636 e. The maximum absolute atomic E-state index is 9.48. The molecule has 0 unspecified atom stereocenters. The first-order valence-corrected chi connectivity index (χ1v) is 13.7. The number of hydrogen-bond acceptors (Lipinski definition) is 0. The third-order valence-corrected chi connectivity index (χ3v) is 7.74. The summed E-state index contributed by atoms with van der Waals surface area (Å²) in [6.45, 7) is 0. The molecule has 0 nitrogen and oxygen atoms in total. The van der Waals surface area contributed by atoms with Gasteiger partial charge in [0.1, 0.15) is 0 Å². The zero-order chi connectivity index (χ0) is 46.4. The molecule has 0 aliphatic heterocycles. The molecule has 204 valence electrons. The predicted molar refractivity (Wildman–Crippen MR) is 190 cm³/mol. The Morgan fingerprint density at radius 2 is 0.773 bits per heavy atom. The van der Waals surface area contributed by atoms with Crippen molar-refractivity contribution >= 4 is 53.9 Å². The van der Waals surface area contributed by atoms with Crippen LogP contribution < -0.4 is 0 Å². The van der Waals surface area contributed by atoms with E-state index in [-0.39, 0.29) is 49.2 Å².